The normalized spacial score (nSPS) is 10.4. The van der Waals surface area contributed by atoms with Crippen LogP contribution < -0.4 is 5.32 Å². The van der Waals surface area contributed by atoms with Crippen LogP contribution in [0.4, 0.5) is 0 Å². The topological polar surface area (TPSA) is 70.7 Å². The molecule has 106 valence electrons. The average molecular weight is 272 g/mol. The molecular formula is C15H20N4O. The van der Waals surface area contributed by atoms with Gasteiger partial charge in [0.2, 0.25) is 5.91 Å². The van der Waals surface area contributed by atoms with Crippen molar-refractivity contribution in [3.05, 3.63) is 47.5 Å². The third-order valence-electron chi connectivity index (χ3n) is 3.24. The van der Waals surface area contributed by atoms with Crippen molar-refractivity contribution in [1.82, 2.24) is 20.5 Å². The van der Waals surface area contributed by atoms with Crippen LogP contribution in [-0.2, 0) is 17.6 Å². The lowest BCUT2D eigenvalue weighted by Crippen LogP contribution is -2.25. The first-order valence-corrected chi connectivity index (χ1v) is 6.90. The lowest BCUT2D eigenvalue weighted by Gasteiger charge is -2.05. The van der Waals surface area contributed by atoms with Crippen molar-refractivity contribution in [3.63, 3.8) is 0 Å². The van der Waals surface area contributed by atoms with E-state index in [0.717, 1.165) is 30.5 Å². The highest BCUT2D eigenvalue weighted by Gasteiger charge is 2.03. The fraction of sp³-hybridized carbons (Fsp3) is 0.400. The van der Waals surface area contributed by atoms with Crippen LogP contribution in [0, 0.1) is 6.92 Å². The molecule has 0 saturated heterocycles. The molecule has 0 aliphatic rings. The number of hydrogen-bond donors (Lipinski definition) is 2. The van der Waals surface area contributed by atoms with Gasteiger partial charge < -0.3 is 5.32 Å². The summed E-state index contributed by atoms with van der Waals surface area (Å²) in [5.74, 6) is 0.0952. The summed E-state index contributed by atoms with van der Waals surface area (Å²) in [5, 5.41) is 9.84. The Morgan fingerprint density at radius 2 is 2.25 bits per heavy atom. The Morgan fingerprint density at radius 1 is 1.35 bits per heavy atom. The SMILES string of the molecule is Cc1[nH]ncc1CCCNC(=O)CCc1cccnc1. The summed E-state index contributed by atoms with van der Waals surface area (Å²) in [6, 6.07) is 3.88. The van der Waals surface area contributed by atoms with Gasteiger partial charge in [0.25, 0.3) is 0 Å². The minimum atomic E-state index is 0.0952. The van der Waals surface area contributed by atoms with Crippen molar-refractivity contribution in [2.24, 2.45) is 0 Å². The summed E-state index contributed by atoms with van der Waals surface area (Å²) in [6.07, 6.45) is 8.50. The van der Waals surface area contributed by atoms with Gasteiger partial charge in [-0.25, -0.2) is 0 Å². The molecule has 0 bridgehead atoms. The maximum Gasteiger partial charge on any atom is 0.220 e. The largest absolute Gasteiger partial charge is 0.356 e. The molecule has 2 heterocycles. The smallest absolute Gasteiger partial charge is 0.220 e. The summed E-state index contributed by atoms with van der Waals surface area (Å²) in [6.45, 7) is 2.71. The Balaban J connectivity index is 1.60. The minimum Gasteiger partial charge on any atom is -0.356 e. The Labute approximate surface area is 118 Å². The minimum absolute atomic E-state index is 0.0952. The molecule has 0 aliphatic carbocycles. The monoisotopic (exact) mass is 272 g/mol. The van der Waals surface area contributed by atoms with Gasteiger partial charge in [-0.2, -0.15) is 5.10 Å². The lowest BCUT2D eigenvalue weighted by atomic mass is 10.1. The number of carbonyl (C=O) groups excluding carboxylic acids is 1. The van der Waals surface area contributed by atoms with Crippen molar-refractivity contribution < 1.29 is 4.79 Å². The molecule has 0 aromatic carbocycles. The molecule has 5 heteroatoms. The van der Waals surface area contributed by atoms with E-state index in [1.807, 2.05) is 25.3 Å². The molecule has 2 aromatic rings. The van der Waals surface area contributed by atoms with Crippen molar-refractivity contribution in [2.75, 3.05) is 6.54 Å². The molecule has 0 unspecified atom stereocenters. The van der Waals surface area contributed by atoms with Crippen LogP contribution in [0.3, 0.4) is 0 Å². The summed E-state index contributed by atoms with van der Waals surface area (Å²) in [4.78, 5) is 15.7. The highest BCUT2D eigenvalue weighted by Crippen LogP contribution is 2.05. The van der Waals surface area contributed by atoms with Gasteiger partial charge in [0.1, 0.15) is 0 Å². The Morgan fingerprint density at radius 3 is 2.95 bits per heavy atom. The van der Waals surface area contributed by atoms with Crippen LogP contribution in [0.15, 0.2) is 30.7 Å². The molecule has 2 rings (SSSR count). The van der Waals surface area contributed by atoms with E-state index < -0.39 is 0 Å². The number of pyridine rings is 1. The molecule has 2 aromatic heterocycles. The van der Waals surface area contributed by atoms with E-state index in [9.17, 15) is 4.79 Å². The number of carbonyl (C=O) groups is 1. The number of nitrogens with zero attached hydrogens (tertiary/aromatic N) is 2. The summed E-state index contributed by atoms with van der Waals surface area (Å²) < 4.78 is 0. The van der Waals surface area contributed by atoms with Crippen molar-refractivity contribution in [3.8, 4) is 0 Å². The standard InChI is InChI=1S/C15H20N4O/c1-12-14(11-18-19-12)5-3-9-17-15(20)7-6-13-4-2-8-16-10-13/h2,4,8,10-11H,3,5-7,9H2,1H3,(H,17,20)(H,18,19). The highest BCUT2D eigenvalue weighted by molar-refractivity contribution is 5.76. The Kier molecular flexibility index (Phi) is 5.29. The van der Waals surface area contributed by atoms with Crippen LogP contribution in [0.1, 0.15) is 29.7 Å². The number of aryl methyl sites for hydroxylation is 3. The maximum absolute atomic E-state index is 11.7. The fourth-order valence-corrected chi connectivity index (χ4v) is 2.03. The third kappa shape index (κ3) is 4.50. The molecule has 1 amide bonds. The third-order valence-corrected chi connectivity index (χ3v) is 3.24. The summed E-state index contributed by atoms with van der Waals surface area (Å²) in [5.41, 5.74) is 3.42. The van der Waals surface area contributed by atoms with Crippen LogP contribution in [-0.4, -0.2) is 27.6 Å². The second-order valence-electron chi connectivity index (χ2n) is 4.84. The van der Waals surface area contributed by atoms with Gasteiger partial charge in [-0.3, -0.25) is 14.9 Å². The zero-order valence-corrected chi connectivity index (χ0v) is 11.7. The van der Waals surface area contributed by atoms with Crippen LogP contribution in [0.5, 0.6) is 0 Å². The van der Waals surface area contributed by atoms with Crippen LogP contribution in [0.25, 0.3) is 0 Å². The molecule has 0 radical (unpaired) electrons. The van der Waals surface area contributed by atoms with Crippen molar-refractivity contribution >= 4 is 5.91 Å². The number of rotatable bonds is 7. The van der Waals surface area contributed by atoms with Gasteiger partial charge in [0, 0.05) is 31.1 Å². The lowest BCUT2D eigenvalue weighted by molar-refractivity contribution is -0.121. The van der Waals surface area contributed by atoms with E-state index >= 15 is 0 Å². The second kappa shape index (κ2) is 7.43. The van der Waals surface area contributed by atoms with Crippen molar-refractivity contribution in [1.29, 1.82) is 0 Å². The summed E-state index contributed by atoms with van der Waals surface area (Å²) >= 11 is 0. The number of hydrogen-bond acceptors (Lipinski definition) is 3. The first-order valence-electron chi connectivity index (χ1n) is 6.90. The fourth-order valence-electron chi connectivity index (χ4n) is 2.03. The first kappa shape index (κ1) is 14.2. The number of nitrogens with one attached hydrogen (secondary N) is 2. The van der Waals surface area contributed by atoms with E-state index in [1.165, 1.54) is 5.56 Å². The first-order chi connectivity index (χ1) is 9.75. The number of amides is 1. The van der Waals surface area contributed by atoms with E-state index in [2.05, 4.69) is 20.5 Å². The highest BCUT2D eigenvalue weighted by atomic mass is 16.1. The number of H-pyrrole nitrogens is 1. The quantitative estimate of drug-likeness (QED) is 0.755. The van der Waals surface area contributed by atoms with Crippen LogP contribution in [0.2, 0.25) is 0 Å². The van der Waals surface area contributed by atoms with Gasteiger partial charge in [-0.15, -0.1) is 0 Å². The average Bonchev–Trinajstić information content (AvgIpc) is 2.88. The van der Waals surface area contributed by atoms with Gasteiger partial charge in [0.15, 0.2) is 0 Å². The molecular weight excluding hydrogens is 252 g/mol. The zero-order chi connectivity index (χ0) is 14.2. The van der Waals surface area contributed by atoms with Crippen molar-refractivity contribution in [2.45, 2.75) is 32.6 Å². The number of aromatic amines is 1. The van der Waals surface area contributed by atoms with Gasteiger partial charge in [-0.1, -0.05) is 6.07 Å². The van der Waals surface area contributed by atoms with E-state index in [1.54, 1.807) is 12.4 Å². The number of aromatic nitrogens is 3. The molecule has 0 aliphatic heterocycles. The van der Waals surface area contributed by atoms with Gasteiger partial charge in [-0.05, 0) is 43.4 Å². The molecule has 0 saturated carbocycles. The predicted octanol–water partition coefficient (Wildman–Crippen LogP) is 1.79. The summed E-state index contributed by atoms with van der Waals surface area (Å²) in [7, 11) is 0. The zero-order valence-electron chi connectivity index (χ0n) is 11.7. The molecule has 5 nitrogen and oxygen atoms in total. The van der Waals surface area contributed by atoms with E-state index in [4.69, 9.17) is 0 Å². The maximum atomic E-state index is 11.7. The van der Waals surface area contributed by atoms with Crippen LogP contribution >= 0.6 is 0 Å². The molecule has 0 spiro atoms. The molecule has 0 atom stereocenters. The molecule has 0 fully saturated rings. The second-order valence-corrected chi connectivity index (χ2v) is 4.84. The Bertz CT molecular complexity index is 536. The van der Waals surface area contributed by atoms with E-state index in [0.29, 0.717) is 13.0 Å². The Hall–Kier alpha value is -2.17. The van der Waals surface area contributed by atoms with Gasteiger partial charge in [0.05, 0.1) is 6.20 Å². The molecule has 20 heavy (non-hydrogen) atoms. The van der Waals surface area contributed by atoms with E-state index in [-0.39, 0.29) is 5.91 Å². The predicted molar refractivity (Wildman–Crippen MR) is 77.2 cm³/mol. The molecule has 2 N–H and O–H groups in total. The van der Waals surface area contributed by atoms with Gasteiger partial charge >= 0.3 is 0 Å².